The van der Waals surface area contributed by atoms with Gasteiger partial charge in [-0.15, -0.1) is 10.2 Å². The fraction of sp³-hybridized carbons (Fsp3) is 0. The summed E-state index contributed by atoms with van der Waals surface area (Å²) in [5.41, 5.74) is 12.0. The predicted molar refractivity (Wildman–Crippen MR) is 107 cm³/mol. The Morgan fingerprint density at radius 3 is 2.20 bits per heavy atom. The molecule has 0 aliphatic heterocycles. The van der Waals surface area contributed by atoms with Crippen LogP contribution in [-0.4, -0.2) is 31.4 Å². The van der Waals surface area contributed by atoms with Crippen molar-refractivity contribution in [1.82, 2.24) is 0 Å². The van der Waals surface area contributed by atoms with Gasteiger partial charge in [0.15, 0.2) is 6.11 Å². The summed E-state index contributed by atoms with van der Waals surface area (Å²) in [4.78, 5) is 3.58. The molecule has 2 aromatic rings. The summed E-state index contributed by atoms with van der Waals surface area (Å²) in [5, 5.41) is 9.87. The summed E-state index contributed by atoms with van der Waals surface area (Å²) >= 11 is 0.704. The van der Waals surface area contributed by atoms with E-state index in [9.17, 15) is 21.4 Å². The summed E-state index contributed by atoms with van der Waals surface area (Å²) in [7, 11) is -9.49. The van der Waals surface area contributed by atoms with Crippen molar-refractivity contribution >= 4 is 55.0 Å². The molecule has 2 rings (SSSR count). The van der Waals surface area contributed by atoms with Crippen LogP contribution in [0.5, 0.6) is 0 Å². The number of azo groups is 1. The summed E-state index contributed by atoms with van der Waals surface area (Å²) in [6.45, 7) is 0. The van der Waals surface area contributed by atoms with E-state index in [1.807, 2.05) is 0 Å². The Hall–Kier alpha value is -2.91. The van der Waals surface area contributed by atoms with Gasteiger partial charge in [0.2, 0.25) is 0 Å². The van der Waals surface area contributed by atoms with Crippen LogP contribution in [0.25, 0.3) is 0 Å². The second-order valence-corrected chi connectivity index (χ2v) is 8.27. The first-order valence-corrected chi connectivity index (χ1v) is 10.8. The van der Waals surface area contributed by atoms with Crippen LogP contribution in [0, 0.1) is 11.4 Å². The van der Waals surface area contributed by atoms with E-state index in [0.717, 1.165) is 6.07 Å². The molecule has 0 heterocycles. The van der Waals surface area contributed by atoms with Crippen LogP contribution in [0.4, 0.5) is 22.7 Å². The average molecular weight is 478 g/mol. The van der Waals surface area contributed by atoms with Gasteiger partial charge in [-0.1, -0.05) is 0 Å². The van der Waals surface area contributed by atoms with Crippen molar-refractivity contribution in [2.75, 3.05) is 11.5 Å². The highest BCUT2D eigenvalue weighted by Crippen LogP contribution is 2.32. The molecular formula is C14H14N4O9S3. The van der Waals surface area contributed by atoms with E-state index < -0.39 is 25.4 Å². The van der Waals surface area contributed by atoms with Gasteiger partial charge >= 0.3 is 10.4 Å². The van der Waals surface area contributed by atoms with Gasteiger partial charge in [-0.3, -0.25) is 14.0 Å². The van der Waals surface area contributed by atoms with Crippen molar-refractivity contribution in [2.24, 2.45) is 10.2 Å². The minimum Gasteiger partial charge on any atom is -0.412 e. The van der Waals surface area contributed by atoms with Crippen LogP contribution < -0.4 is 11.5 Å². The molecule has 0 amide bonds. The highest BCUT2D eigenvalue weighted by Gasteiger charge is 2.17. The van der Waals surface area contributed by atoms with E-state index in [4.69, 9.17) is 16.0 Å². The Labute approximate surface area is 175 Å². The molecule has 0 aliphatic carbocycles. The quantitative estimate of drug-likeness (QED) is 0.0881. The fourth-order valence-electron chi connectivity index (χ4n) is 1.78. The topological polar surface area (TPSA) is 235 Å². The lowest BCUT2D eigenvalue weighted by molar-refractivity contribution is -0.135. The van der Waals surface area contributed by atoms with Crippen LogP contribution in [0.15, 0.2) is 56.4 Å². The van der Waals surface area contributed by atoms with Gasteiger partial charge in [0.25, 0.3) is 10.1 Å². The molecule has 0 radical (unpaired) electrons. The lowest BCUT2D eigenvalue weighted by atomic mass is 10.2. The monoisotopic (exact) mass is 478 g/mol. The lowest BCUT2D eigenvalue weighted by Gasteiger charge is -2.04. The maximum atomic E-state index is 11.6. The number of nitrogens with zero attached hydrogens (tertiary/aromatic N) is 2. The molecule has 162 valence electrons. The van der Waals surface area contributed by atoms with Crippen LogP contribution in [0.2, 0.25) is 0 Å². The van der Waals surface area contributed by atoms with Crippen molar-refractivity contribution in [3.05, 3.63) is 36.4 Å². The number of hydrogen-bond donors (Lipinski definition) is 4. The number of anilines is 2. The Morgan fingerprint density at radius 2 is 1.60 bits per heavy atom. The largest absolute Gasteiger partial charge is 0.433 e. The molecule has 30 heavy (non-hydrogen) atoms. The zero-order chi connectivity index (χ0) is 21.7. The summed E-state index contributed by atoms with van der Waals surface area (Å²) < 4.78 is 65.0. The van der Waals surface area contributed by atoms with Gasteiger partial charge in [-0.25, -0.2) is 0 Å². The predicted octanol–water partition coefficient (Wildman–Crippen LogP) is 1.45. The third kappa shape index (κ3) is 7.84. The van der Waals surface area contributed by atoms with Crippen LogP contribution in [0.3, 0.4) is 0 Å². The highest BCUT2D eigenvalue weighted by molar-refractivity contribution is 8.04. The summed E-state index contributed by atoms with van der Waals surface area (Å²) in [6.07, 6.45) is 1.79. The Balaban J connectivity index is 0.00000450. The fourth-order valence-corrected chi connectivity index (χ4v) is 3.13. The molecule has 8 N–H and O–H groups in total. The number of nitrogen functional groups attached to an aromatic ring is 2. The van der Waals surface area contributed by atoms with Crippen LogP contribution in [0.1, 0.15) is 0 Å². The number of hydrogen-bond acceptors (Lipinski definition) is 11. The molecule has 16 heteroatoms. The van der Waals surface area contributed by atoms with E-state index in [1.165, 1.54) is 30.3 Å². The Bertz CT molecular complexity index is 1220. The lowest BCUT2D eigenvalue weighted by Crippen LogP contribution is -2.01. The maximum absolute atomic E-state index is 11.6. The molecule has 0 saturated carbocycles. The van der Waals surface area contributed by atoms with E-state index in [0.29, 0.717) is 17.4 Å². The summed E-state index contributed by atoms with van der Waals surface area (Å²) in [5.74, 6) is 0. The zero-order valence-corrected chi connectivity index (χ0v) is 17.0. The summed E-state index contributed by atoms with van der Waals surface area (Å²) in [6, 6.07) is 8.16. The minimum atomic E-state index is -4.82. The number of benzene rings is 2. The van der Waals surface area contributed by atoms with Crippen molar-refractivity contribution in [3.8, 4) is 11.4 Å². The van der Waals surface area contributed by atoms with E-state index in [1.54, 1.807) is 6.11 Å². The molecule has 0 aliphatic rings. The number of nitrogens with two attached hydrogens (primary N) is 2. The van der Waals surface area contributed by atoms with Crippen molar-refractivity contribution in [2.45, 2.75) is 9.79 Å². The van der Waals surface area contributed by atoms with E-state index in [-0.39, 0.29) is 27.4 Å². The molecule has 13 nitrogen and oxygen atoms in total. The van der Waals surface area contributed by atoms with Crippen molar-refractivity contribution in [1.29, 1.82) is 0 Å². The first kappa shape index (κ1) is 25.1. The van der Waals surface area contributed by atoms with Crippen LogP contribution in [-0.2, 0) is 29.7 Å². The molecule has 2 aromatic carbocycles. The first-order chi connectivity index (χ1) is 13.5. The molecule has 0 fully saturated rings. The SMILES string of the molecule is Nc1ccc(N=Nc2ccc(SC#COOS(=O)(=O)O)cc2S(=O)(=O)O)c(N)c1.O. The van der Waals surface area contributed by atoms with Crippen LogP contribution >= 0.6 is 11.8 Å². The van der Waals surface area contributed by atoms with Gasteiger partial charge < -0.3 is 16.9 Å². The van der Waals surface area contributed by atoms with Crippen molar-refractivity contribution in [3.63, 3.8) is 0 Å². The minimum absolute atomic E-state index is 0. The van der Waals surface area contributed by atoms with Gasteiger partial charge in [0.1, 0.15) is 16.3 Å². The molecule has 0 spiro atoms. The van der Waals surface area contributed by atoms with Gasteiger partial charge in [0.05, 0.1) is 5.69 Å². The average Bonchev–Trinajstić information content (AvgIpc) is 2.59. The Morgan fingerprint density at radius 1 is 0.967 bits per heavy atom. The molecular weight excluding hydrogens is 464 g/mol. The second kappa shape index (κ2) is 10.2. The first-order valence-electron chi connectivity index (χ1n) is 7.13. The smallest absolute Gasteiger partial charge is 0.412 e. The van der Waals surface area contributed by atoms with Gasteiger partial charge in [0, 0.05) is 15.8 Å². The van der Waals surface area contributed by atoms with E-state index >= 15 is 0 Å². The van der Waals surface area contributed by atoms with Gasteiger partial charge in [-0.2, -0.15) is 16.8 Å². The third-order valence-corrected chi connectivity index (χ3v) is 4.70. The van der Waals surface area contributed by atoms with Gasteiger partial charge in [-0.05, 0) is 52.5 Å². The molecule has 0 atom stereocenters. The maximum Gasteiger partial charge on any atom is 0.433 e. The number of rotatable bonds is 6. The standard InChI is InChI=1S/C14H12N4O8S3.H2O/c15-9-1-3-12(11(16)7-9)17-18-13-4-2-10(8-14(13)28(19,20)21)27-6-5-25-26-29(22,23)24;/h1-4,7-8H,15-16H2,(H,19,20,21)(H,22,23,24);1H2. The molecule has 0 saturated heterocycles. The second-order valence-electron chi connectivity index (χ2n) is 5.01. The molecule has 0 bridgehead atoms. The Kier molecular flexibility index (Phi) is 8.56. The third-order valence-electron chi connectivity index (χ3n) is 2.90. The number of thioether (sulfide) groups is 1. The zero-order valence-electron chi connectivity index (χ0n) is 14.6. The highest BCUT2D eigenvalue weighted by atomic mass is 32.3. The molecule has 0 unspecified atom stereocenters. The van der Waals surface area contributed by atoms with Crippen molar-refractivity contribution < 1.29 is 40.6 Å². The molecule has 0 aromatic heterocycles. The normalized spacial score (nSPS) is 11.4. The van der Waals surface area contributed by atoms with E-state index in [2.05, 4.69) is 24.7 Å².